The van der Waals surface area contributed by atoms with Gasteiger partial charge in [0.15, 0.2) is 6.54 Å². The lowest BCUT2D eigenvalue weighted by Crippen LogP contribution is -2.87. The first kappa shape index (κ1) is 24.9. The first-order valence-electron chi connectivity index (χ1n) is 11.4. The quantitative estimate of drug-likeness (QED) is 0.362. The molecule has 0 aliphatic carbocycles. The van der Waals surface area contributed by atoms with Gasteiger partial charge in [-0.15, -0.1) is 0 Å². The van der Waals surface area contributed by atoms with E-state index >= 15 is 0 Å². The summed E-state index contributed by atoms with van der Waals surface area (Å²) in [6.07, 6.45) is 3.16. The van der Waals surface area contributed by atoms with Crippen LogP contribution in [0.4, 0.5) is 15.9 Å². The Morgan fingerprint density at radius 2 is 2.20 bits per heavy atom. The highest BCUT2D eigenvalue weighted by molar-refractivity contribution is 6.31. The van der Waals surface area contributed by atoms with Gasteiger partial charge in [0, 0.05) is 24.4 Å². The molecule has 9 nitrogen and oxygen atoms in total. The number of aromatic nitrogens is 2. The summed E-state index contributed by atoms with van der Waals surface area (Å²) in [6, 6.07) is 7.78. The summed E-state index contributed by atoms with van der Waals surface area (Å²) in [5, 5.41) is 14.5. The fourth-order valence-electron chi connectivity index (χ4n) is 4.12. The van der Waals surface area contributed by atoms with Crippen LogP contribution >= 0.6 is 11.6 Å². The second kappa shape index (κ2) is 11.5. The number of hydrogen-bond acceptors (Lipinski definition) is 7. The Labute approximate surface area is 207 Å². The number of fused-ring (bicyclic) bond motifs is 1. The van der Waals surface area contributed by atoms with Crippen LogP contribution in [0.3, 0.4) is 0 Å². The van der Waals surface area contributed by atoms with Gasteiger partial charge in [-0.3, -0.25) is 4.79 Å². The van der Waals surface area contributed by atoms with Crippen molar-refractivity contribution in [1.82, 2.24) is 14.9 Å². The van der Waals surface area contributed by atoms with Crippen molar-refractivity contribution in [2.75, 3.05) is 45.3 Å². The van der Waals surface area contributed by atoms with Gasteiger partial charge in [-0.2, -0.15) is 0 Å². The van der Waals surface area contributed by atoms with Crippen LogP contribution in [-0.4, -0.2) is 71.9 Å². The van der Waals surface area contributed by atoms with Gasteiger partial charge < -0.3 is 30.1 Å². The zero-order valence-electron chi connectivity index (χ0n) is 19.3. The average Bonchev–Trinajstić information content (AvgIpc) is 3.33. The van der Waals surface area contributed by atoms with Crippen molar-refractivity contribution in [2.45, 2.75) is 18.9 Å². The van der Waals surface area contributed by atoms with E-state index in [1.807, 2.05) is 4.90 Å². The van der Waals surface area contributed by atoms with E-state index in [9.17, 15) is 9.18 Å². The molecule has 186 valence electrons. The molecule has 1 fully saturated rings. The van der Waals surface area contributed by atoms with Gasteiger partial charge >= 0.3 is 0 Å². The van der Waals surface area contributed by atoms with Gasteiger partial charge in [-0.25, -0.2) is 14.4 Å². The molecule has 11 heteroatoms. The third-order valence-electron chi connectivity index (χ3n) is 5.87. The Bertz CT molecular complexity index is 1200. The summed E-state index contributed by atoms with van der Waals surface area (Å²) in [5.74, 6) is 1.05. The van der Waals surface area contributed by atoms with E-state index in [-0.39, 0.29) is 23.6 Å². The normalized spacial score (nSPS) is 15.4. The summed E-state index contributed by atoms with van der Waals surface area (Å²) in [4.78, 5) is 23.2. The van der Waals surface area contributed by atoms with Crippen LogP contribution in [0.2, 0.25) is 5.02 Å². The number of hydrogen-bond donors (Lipinski definition) is 3. The van der Waals surface area contributed by atoms with Crippen molar-refractivity contribution >= 4 is 39.9 Å². The number of aliphatic hydroxyl groups is 1. The summed E-state index contributed by atoms with van der Waals surface area (Å²) in [7, 11) is 1.56. The molecule has 2 aromatic carbocycles. The molecule has 0 radical (unpaired) electrons. The smallest absolute Gasteiger partial charge is 0.278 e. The van der Waals surface area contributed by atoms with Crippen molar-refractivity contribution in [2.24, 2.45) is 0 Å². The van der Waals surface area contributed by atoms with Crippen LogP contribution in [0, 0.1) is 5.82 Å². The van der Waals surface area contributed by atoms with Crippen LogP contribution in [0.25, 0.3) is 10.9 Å². The van der Waals surface area contributed by atoms with Crippen LogP contribution < -0.4 is 20.1 Å². The fourth-order valence-corrected chi connectivity index (χ4v) is 4.30. The van der Waals surface area contributed by atoms with Crippen molar-refractivity contribution in [3.63, 3.8) is 0 Å². The lowest BCUT2D eigenvalue weighted by Gasteiger charge is -2.24. The van der Waals surface area contributed by atoms with Crippen LogP contribution in [0.5, 0.6) is 11.5 Å². The Balaban J connectivity index is 1.58. The molecule has 2 heterocycles. The number of quaternary nitrogens is 1. The van der Waals surface area contributed by atoms with E-state index in [0.29, 0.717) is 60.1 Å². The van der Waals surface area contributed by atoms with E-state index in [1.54, 1.807) is 30.6 Å². The number of nitrogens with zero attached hydrogens (tertiary/aromatic N) is 3. The van der Waals surface area contributed by atoms with E-state index < -0.39 is 5.82 Å². The molecule has 0 saturated carbocycles. The molecule has 3 aromatic rings. The maximum Gasteiger partial charge on any atom is 0.278 e. The predicted molar refractivity (Wildman–Crippen MR) is 130 cm³/mol. The Morgan fingerprint density at radius 1 is 1.34 bits per heavy atom. The maximum absolute atomic E-state index is 13.6. The summed E-state index contributed by atoms with van der Waals surface area (Å²) in [5.41, 5.74) is 1.16. The second-order valence-electron chi connectivity index (χ2n) is 8.20. The average molecular weight is 505 g/mol. The van der Waals surface area contributed by atoms with E-state index in [1.165, 1.54) is 18.5 Å². The molecule has 1 atom stereocenters. The highest BCUT2D eigenvalue weighted by Gasteiger charge is 2.30. The Hall–Kier alpha value is -3.21. The van der Waals surface area contributed by atoms with Gasteiger partial charge in [0.1, 0.15) is 36.1 Å². The highest BCUT2D eigenvalue weighted by atomic mass is 35.5. The number of methoxy groups -OCH3 is 1. The van der Waals surface area contributed by atoms with Crippen LogP contribution in [0.15, 0.2) is 36.7 Å². The number of anilines is 2. The second-order valence-corrected chi connectivity index (χ2v) is 8.60. The van der Waals surface area contributed by atoms with Crippen molar-refractivity contribution < 1.29 is 29.1 Å². The third-order valence-corrected chi connectivity index (χ3v) is 6.16. The number of nitrogens with two attached hydrogens (primary N) is 1. The molecule has 1 aliphatic rings. The minimum Gasteiger partial charge on any atom is -0.497 e. The number of likely N-dealkylation sites (tertiary alicyclic amines) is 1. The number of rotatable bonds is 10. The number of aliphatic hydroxyl groups excluding tert-OH is 1. The summed E-state index contributed by atoms with van der Waals surface area (Å²) < 4.78 is 25.3. The zero-order chi connectivity index (χ0) is 24.8. The summed E-state index contributed by atoms with van der Waals surface area (Å²) >= 11 is 5.93. The van der Waals surface area contributed by atoms with Gasteiger partial charge in [0.05, 0.1) is 42.2 Å². The number of amides is 1. The molecule has 0 bridgehead atoms. The molecule has 4 N–H and O–H groups in total. The minimum atomic E-state index is -0.511. The van der Waals surface area contributed by atoms with E-state index in [2.05, 4.69) is 15.3 Å². The first-order valence-corrected chi connectivity index (χ1v) is 11.8. The lowest BCUT2D eigenvalue weighted by molar-refractivity contribution is -0.645. The van der Waals surface area contributed by atoms with Crippen molar-refractivity contribution in [3.8, 4) is 11.5 Å². The molecule has 4 rings (SSSR count). The highest BCUT2D eigenvalue weighted by Crippen LogP contribution is 2.36. The summed E-state index contributed by atoms with van der Waals surface area (Å²) in [6.45, 7) is 1.79. The number of nitrogens with one attached hydrogen (secondary N) is 1. The molecular weight excluding hydrogens is 477 g/mol. The molecule has 1 aliphatic heterocycles. The monoisotopic (exact) mass is 504 g/mol. The largest absolute Gasteiger partial charge is 0.497 e. The van der Waals surface area contributed by atoms with Crippen LogP contribution in [0.1, 0.15) is 12.8 Å². The third kappa shape index (κ3) is 5.90. The molecular formula is C24H28ClFN5O4+. The van der Waals surface area contributed by atoms with Gasteiger partial charge in [-0.1, -0.05) is 11.6 Å². The molecule has 0 spiro atoms. The zero-order valence-corrected chi connectivity index (χ0v) is 20.1. The first-order chi connectivity index (χ1) is 17.0. The Kier molecular flexibility index (Phi) is 8.17. The molecule has 1 aromatic heterocycles. The minimum absolute atomic E-state index is 0.00581. The lowest BCUT2D eigenvalue weighted by atomic mass is 10.2. The van der Waals surface area contributed by atoms with Crippen molar-refractivity contribution in [1.29, 1.82) is 0 Å². The molecule has 35 heavy (non-hydrogen) atoms. The fraction of sp³-hybridized carbons (Fsp3) is 0.375. The number of carbonyl (C=O) groups is 1. The number of carbonyl (C=O) groups excluding carboxylic acids is 1. The molecule has 1 amide bonds. The number of benzene rings is 2. The Morgan fingerprint density at radius 3 is 2.97 bits per heavy atom. The molecule has 1 saturated heterocycles. The number of ether oxygens (including phenoxy) is 2. The topological polar surface area (TPSA) is 113 Å². The van der Waals surface area contributed by atoms with Gasteiger partial charge in [-0.05, 0) is 31.0 Å². The predicted octanol–water partition coefficient (Wildman–Crippen LogP) is 2.10. The van der Waals surface area contributed by atoms with Crippen LogP contribution in [-0.2, 0) is 4.79 Å². The van der Waals surface area contributed by atoms with Gasteiger partial charge in [0.2, 0.25) is 0 Å². The van der Waals surface area contributed by atoms with E-state index in [0.717, 1.165) is 12.8 Å². The number of halogens is 2. The van der Waals surface area contributed by atoms with E-state index in [4.69, 9.17) is 26.2 Å². The SMILES string of the molecule is COc1cc(OC[C@@H]2CCCN2C(=O)C[NH2+]CCO)c2c(Nc3ccc(F)c(Cl)c3)ncnc2c1. The van der Waals surface area contributed by atoms with Gasteiger partial charge in [0.25, 0.3) is 5.91 Å². The maximum atomic E-state index is 13.6. The van der Waals surface area contributed by atoms with Crippen molar-refractivity contribution in [3.05, 3.63) is 47.5 Å². The standard InChI is InChI=1S/C24H27ClFN5O4/c1-34-17-10-20-23(24(29-14-28-20)30-15-4-5-19(26)18(25)9-15)21(11-17)35-13-16-3-2-7-31(16)22(33)12-27-6-8-32/h4-5,9-11,14,16,27,32H,2-3,6-8,12-13H2,1H3,(H,28,29,30)/p+1/t16-/m0/s1. The molecule has 0 unspecified atom stereocenters.